The van der Waals surface area contributed by atoms with Crippen molar-refractivity contribution in [3.8, 4) is 17.3 Å². The van der Waals surface area contributed by atoms with Gasteiger partial charge in [-0.2, -0.15) is 0 Å². The van der Waals surface area contributed by atoms with Crippen LogP contribution in [0.5, 0.6) is 0 Å². The highest BCUT2D eigenvalue weighted by molar-refractivity contribution is 7.71. The minimum absolute atomic E-state index is 0.0838. The van der Waals surface area contributed by atoms with E-state index in [1.807, 2.05) is 41.0 Å². The summed E-state index contributed by atoms with van der Waals surface area (Å²) in [6.45, 7) is 0.358. The van der Waals surface area contributed by atoms with Crippen LogP contribution in [0.3, 0.4) is 0 Å². The molecule has 0 amide bonds. The molecule has 2 saturated heterocycles. The number of ketones is 1. The van der Waals surface area contributed by atoms with Gasteiger partial charge >= 0.3 is 0 Å². The van der Waals surface area contributed by atoms with Gasteiger partial charge in [-0.1, -0.05) is 18.2 Å². The molecule has 7 nitrogen and oxygen atoms in total. The monoisotopic (exact) mass is 369 g/mol. The fourth-order valence-electron chi connectivity index (χ4n) is 3.44. The largest absolute Gasteiger partial charge is 0.461 e. The number of carbonyl (C=O) groups excluding carboxylic acids is 1. The van der Waals surface area contributed by atoms with Gasteiger partial charge in [0.25, 0.3) is 0 Å². The number of carbonyl (C=O) groups is 1. The number of hydrogen-bond donors (Lipinski definition) is 0. The summed E-state index contributed by atoms with van der Waals surface area (Å²) in [6.07, 6.45) is 0.891. The molecule has 2 aliphatic rings. The molecule has 3 aromatic rings. The van der Waals surface area contributed by atoms with Gasteiger partial charge in [0.05, 0.1) is 24.6 Å². The molecule has 0 N–H and O–H groups in total. The molecule has 5 rings (SSSR count). The van der Waals surface area contributed by atoms with Crippen LogP contribution in [-0.4, -0.2) is 39.1 Å². The molecular weight excluding hydrogens is 354 g/mol. The Bertz CT molecular complexity index is 1010. The van der Waals surface area contributed by atoms with Crippen molar-refractivity contribution in [2.45, 2.75) is 24.9 Å². The predicted molar refractivity (Wildman–Crippen MR) is 93.4 cm³/mol. The predicted octanol–water partition coefficient (Wildman–Crippen LogP) is 2.92. The summed E-state index contributed by atoms with van der Waals surface area (Å²) in [5, 5.41) is 4.70. The van der Waals surface area contributed by atoms with E-state index in [2.05, 4.69) is 0 Å². The first-order valence-electron chi connectivity index (χ1n) is 8.33. The topological polar surface area (TPSA) is 71.4 Å². The van der Waals surface area contributed by atoms with Gasteiger partial charge < -0.3 is 13.9 Å². The lowest BCUT2D eigenvalue weighted by Gasteiger charge is -2.26. The first-order chi connectivity index (χ1) is 12.7. The van der Waals surface area contributed by atoms with Crippen molar-refractivity contribution in [1.29, 1.82) is 0 Å². The Morgan fingerprint density at radius 2 is 2.00 bits per heavy atom. The van der Waals surface area contributed by atoms with E-state index >= 15 is 0 Å². The van der Waals surface area contributed by atoms with Crippen molar-refractivity contribution >= 4 is 18.0 Å². The SMILES string of the molecule is O=C1C[C@H](n2nc(-c3ccco3)n(-c3ccccc3)c2=S)[C@H]2CO[C@H]1O2. The fourth-order valence-corrected chi connectivity index (χ4v) is 3.81. The number of fused-ring (bicyclic) bond motifs is 2. The molecule has 4 heterocycles. The minimum Gasteiger partial charge on any atom is -0.461 e. The number of furan rings is 1. The van der Waals surface area contributed by atoms with Gasteiger partial charge in [-0.3, -0.25) is 9.36 Å². The number of para-hydroxylation sites is 1. The van der Waals surface area contributed by atoms with Crippen LogP contribution in [-0.2, 0) is 14.3 Å². The molecule has 1 aromatic carbocycles. The molecule has 2 fully saturated rings. The Morgan fingerprint density at radius 1 is 1.15 bits per heavy atom. The lowest BCUT2D eigenvalue weighted by atomic mass is 10.0. The summed E-state index contributed by atoms with van der Waals surface area (Å²) in [7, 11) is 0. The smallest absolute Gasteiger partial charge is 0.218 e. The standard InChI is InChI=1S/C18H15N3O4S/c22-13-9-12(15-10-24-17(13)25-15)21-18(26)20(11-5-2-1-3-6-11)16(19-21)14-7-4-8-23-14/h1-8,12,15,17H,9-10H2/t12-,15+,17-/m0/s1. The quantitative estimate of drug-likeness (QED) is 0.661. The van der Waals surface area contributed by atoms with Crippen LogP contribution in [0.2, 0.25) is 0 Å². The second-order valence-corrected chi connectivity index (χ2v) is 6.64. The number of rotatable bonds is 3. The Balaban J connectivity index is 1.68. The third kappa shape index (κ3) is 2.38. The zero-order chi connectivity index (χ0) is 17.7. The average Bonchev–Trinajstić information content (AvgIpc) is 3.39. The van der Waals surface area contributed by atoms with Crippen molar-refractivity contribution in [3.05, 3.63) is 53.5 Å². The number of aromatic nitrogens is 3. The zero-order valence-electron chi connectivity index (χ0n) is 13.6. The van der Waals surface area contributed by atoms with E-state index in [1.165, 1.54) is 0 Å². The van der Waals surface area contributed by atoms with Crippen molar-refractivity contribution in [1.82, 2.24) is 14.3 Å². The molecule has 2 aliphatic heterocycles. The fraction of sp³-hybridized carbons (Fsp3) is 0.278. The molecule has 0 aliphatic carbocycles. The van der Waals surface area contributed by atoms with Gasteiger partial charge in [-0.25, -0.2) is 4.68 Å². The van der Waals surface area contributed by atoms with Gasteiger partial charge in [0.2, 0.25) is 16.9 Å². The molecule has 2 aromatic heterocycles. The average molecular weight is 369 g/mol. The number of benzene rings is 1. The van der Waals surface area contributed by atoms with Gasteiger partial charge in [-0.05, 0) is 36.5 Å². The summed E-state index contributed by atoms with van der Waals surface area (Å²) < 4.78 is 20.6. The Hall–Kier alpha value is -2.55. The molecule has 3 atom stereocenters. The van der Waals surface area contributed by atoms with Crippen LogP contribution >= 0.6 is 12.2 Å². The first kappa shape index (κ1) is 15.7. The number of nitrogens with zero attached hydrogens (tertiary/aromatic N) is 3. The van der Waals surface area contributed by atoms with E-state index < -0.39 is 6.29 Å². The third-order valence-corrected chi connectivity index (χ3v) is 5.05. The molecular formula is C18H15N3O4S. The molecule has 2 bridgehead atoms. The van der Waals surface area contributed by atoms with Gasteiger partial charge in [-0.15, -0.1) is 5.10 Å². The normalized spacial score (nSPS) is 24.9. The third-order valence-electron chi connectivity index (χ3n) is 4.68. The van der Waals surface area contributed by atoms with Gasteiger partial charge in [0.15, 0.2) is 11.5 Å². The Morgan fingerprint density at radius 3 is 2.77 bits per heavy atom. The lowest BCUT2D eigenvalue weighted by molar-refractivity contribution is -0.156. The number of hydrogen-bond acceptors (Lipinski definition) is 6. The summed E-state index contributed by atoms with van der Waals surface area (Å²) in [5.41, 5.74) is 0.874. The van der Waals surface area contributed by atoms with Crippen LogP contribution in [0.25, 0.3) is 17.3 Å². The lowest BCUT2D eigenvalue weighted by Crippen LogP contribution is -2.37. The van der Waals surface area contributed by atoms with E-state index in [9.17, 15) is 4.79 Å². The number of Topliss-reactive ketones (excluding diaryl/α,β-unsaturated/α-hetero) is 1. The Labute approximate surface area is 153 Å². The van der Waals surface area contributed by atoms with Gasteiger partial charge in [0.1, 0.15) is 6.10 Å². The summed E-state index contributed by atoms with van der Waals surface area (Å²) in [4.78, 5) is 12.2. The van der Waals surface area contributed by atoms with Crippen molar-refractivity contribution in [3.63, 3.8) is 0 Å². The van der Waals surface area contributed by atoms with Crippen LogP contribution in [0.15, 0.2) is 53.1 Å². The van der Waals surface area contributed by atoms with Crippen LogP contribution < -0.4 is 0 Å². The van der Waals surface area contributed by atoms with Gasteiger partial charge in [0, 0.05) is 6.42 Å². The van der Waals surface area contributed by atoms with E-state index in [1.54, 1.807) is 17.0 Å². The molecule has 0 radical (unpaired) electrons. The molecule has 132 valence electrons. The highest BCUT2D eigenvalue weighted by Crippen LogP contribution is 2.34. The van der Waals surface area contributed by atoms with Crippen molar-refractivity contribution in [2.24, 2.45) is 0 Å². The molecule has 0 spiro atoms. The minimum atomic E-state index is -0.744. The Kier molecular flexibility index (Phi) is 3.63. The second kappa shape index (κ2) is 6.01. The highest BCUT2D eigenvalue weighted by atomic mass is 32.1. The molecule has 26 heavy (non-hydrogen) atoms. The van der Waals surface area contributed by atoms with Crippen LogP contribution in [0.4, 0.5) is 0 Å². The molecule has 0 unspecified atom stereocenters. The maximum atomic E-state index is 12.2. The zero-order valence-corrected chi connectivity index (χ0v) is 14.5. The second-order valence-electron chi connectivity index (χ2n) is 6.28. The van der Waals surface area contributed by atoms with E-state index in [-0.39, 0.29) is 24.3 Å². The summed E-state index contributed by atoms with van der Waals surface area (Å²) >= 11 is 5.72. The maximum absolute atomic E-state index is 12.2. The summed E-state index contributed by atoms with van der Waals surface area (Å²) in [5.74, 6) is 1.10. The van der Waals surface area contributed by atoms with Crippen molar-refractivity contribution in [2.75, 3.05) is 6.61 Å². The highest BCUT2D eigenvalue weighted by Gasteiger charge is 2.45. The molecule has 0 saturated carbocycles. The van der Waals surface area contributed by atoms with Crippen LogP contribution in [0, 0.1) is 4.77 Å². The molecule has 8 heteroatoms. The van der Waals surface area contributed by atoms with E-state index in [0.717, 1.165) is 5.69 Å². The summed E-state index contributed by atoms with van der Waals surface area (Å²) in [6, 6.07) is 13.0. The first-order valence-corrected chi connectivity index (χ1v) is 8.74. The maximum Gasteiger partial charge on any atom is 0.218 e. The van der Waals surface area contributed by atoms with E-state index in [4.69, 9.17) is 31.2 Å². The van der Waals surface area contributed by atoms with Crippen LogP contribution in [0.1, 0.15) is 12.5 Å². The number of ether oxygens (including phenoxy) is 2. The van der Waals surface area contributed by atoms with Crippen molar-refractivity contribution < 1.29 is 18.7 Å². The van der Waals surface area contributed by atoms with E-state index in [0.29, 0.717) is 23.0 Å².